The Bertz CT molecular complexity index is 1150. The molecule has 0 aromatic carbocycles. The number of rotatable bonds is 9. The van der Waals surface area contributed by atoms with E-state index < -0.39 is 56.5 Å². The molecule has 3 heterocycles. The van der Waals surface area contributed by atoms with Crippen molar-refractivity contribution in [3.05, 3.63) is 17.5 Å². The van der Waals surface area contributed by atoms with E-state index in [1.807, 2.05) is 0 Å². The van der Waals surface area contributed by atoms with Crippen LogP contribution >= 0.6 is 19.2 Å². The Balaban J connectivity index is 1.53. The minimum atomic E-state index is -4.84. The van der Waals surface area contributed by atoms with Crippen LogP contribution in [0.2, 0.25) is 5.28 Å². The Morgan fingerprint density at radius 2 is 2.00 bits per heavy atom. The number of carbonyl (C=O) groups excluding carboxylic acids is 1. The van der Waals surface area contributed by atoms with Crippen molar-refractivity contribution in [1.29, 1.82) is 0 Å². The molecule has 1 amide bonds. The predicted molar refractivity (Wildman–Crippen MR) is 129 cm³/mol. The molecular formula is C21H31ClN5O8P. The summed E-state index contributed by atoms with van der Waals surface area (Å²) in [5, 5.41) is 25.7. The molecule has 1 saturated heterocycles. The third-order valence-corrected chi connectivity index (χ3v) is 8.38. The van der Waals surface area contributed by atoms with Gasteiger partial charge < -0.3 is 44.7 Å². The molecule has 2 aliphatic rings. The molecule has 5 atom stereocenters. The second-order valence-electron chi connectivity index (χ2n) is 9.41. The highest BCUT2D eigenvalue weighted by Gasteiger charge is 2.48. The van der Waals surface area contributed by atoms with Crippen LogP contribution in [-0.4, -0.2) is 83.3 Å². The topological polar surface area (TPSA) is 188 Å². The van der Waals surface area contributed by atoms with Crippen molar-refractivity contribution in [2.75, 3.05) is 18.5 Å². The lowest BCUT2D eigenvalue weighted by Gasteiger charge is -2.31. The first-order valence-electron chi connectivity index (χ1n) is 11.7. The lowest BCUT2D eigenvalue weighted by molar-refractivity contribution is -0.121. The summed E-state index contributed by atoms with van der Waals surface area (Å²) in [5.74, 6) is 0.0757. The van der Waals surface area contributed by atoms with Gasteiger partial charge in [-0.1, -0.05) is 12.8 Å². The Hall–Kier alpha value is -1.83. The van der Waals surface area contributed by atoms with Crippen LogP contribution in [0.15, 0.2) is 12.3 Å². The number of amides is 1. The standard InChI is InChI=1S/C21H31ClN5O8P/c1-11(28)23-10-21(2,36(31,32)33)34-9-14-15(29)16(30)19(35-14)27-8-7-13-17(24-12-5-3-4-6-12)25-20(22)26-18(13)27/h7-8,12,14-16,19,29-30H,3-6,9-10H2,1-2H3,(H,23,28)(H,24,25,26)(H2,31,32,33)/t14-,15-,16-,19-,21?/m1/s1. The van der Waals surface area contributed by atoms with E-state index in [1.165, 1.54) is 11.5 Å². The van der Waals surface area contributed by atoms with E-state index in [2.05, 4.69) is 20.6 Å². The van der Waals surface area contributed by atoms with Crippen molar-refractivity contribution in [1.82, 2.24) is 19.9 Å². The lowest BCUT2D eigenvalue weighted by atomic mass is 10.1. The van der Waals surface area contributed by atoms with Crippen LogP contribution in [0.25, 0.3) is 11.0 Å². The first kappa shape index (κ1) is 27.2. The molecule has 36 heavy (non-hydrogen) atoms. The van der Waals surface area contributed by atoms with Gasteiger partial charge in [-0.3, -0.25) is 9.36 Å². The van der Waals surface area contributed by atoms with E-state index in [4.69, 9.17) is 21.1 Å². The fraction of sp³-hybridized carbons (Fsp3) is 0.667. The minimum absolute atomic E-state index is 0.00578. The number of aromatic nitrogens is 3. The number of anilines is 1. The number of hydrogen-bond acceptors (Lipinski definition) is 9. The largest absolute Gasteiger partial charge is 0.387 e. The normalized spacial score (nSPS) is 26.9. The smallest absolute Gasteiger partial charge is 0.358 e. The summed E-state index contributed by atoms with van der Waals surface area (Å²) in [6, 6.07) is 2.04. The van der Waals surface area contributed by atoms with Gasteiger partial charge in [0.1, 0.15) is 29.8 Å². The maximum Gasteiger partial charge on any atom is 0.358 e. The number of aliphatic hydroxyl groups is 2. The zero-order valence-electron chi connectivity index (χ0n) is 19.9. The molecule has 1 unspecified atom stereocenters. The van der Waals surface area contributed by atoms with Crippen molar-refractivity contribution in [3.8, 4) is 0 Å². The fourth-order valence-corrected chi connectivity index (χ4v) is 5.16. The number of ether oxygens (including phenoxy) is 2. The molecule has 0 spiro atoms. The molecule has 4 rings (SSSR count). The van der Waals surface area contributed by atoms with Gasteiger partial charge >= 0.3 is 7.60 Å². The average Bonchev–Trinajstić information content (AvgIpc) is 3.51. The molecule has 0 bridgehead atoms. The maximum absolute atomic E-state index is 12.0. The monoisotopic (exact) mass is 547 g/mol. The second kappa shape index (κ2) is 10.5. The van der Waals surface area contributed by atoms with Gasteiger partial charge in [-0.05, 0) is 37.4 Å². The van der Waals surface area contributed by atoms with E-state index in [0.29, 0.717) is 16.9 Å². The van der Waals surface area contributed by atoms with Gasteiger partial charge in [0.15, 0.2) is 11.6 Å². The molecule has 0 radical (unpaired) electrons. The Kier molecular flexibility index (Phi) is 7.94. The molecule has 2 aromatic rings. The highest BCUT2D eigenvalue weighted by atomic mass is 35.5. The summed E-state index contributed by atoms with van der Waals surface area (Å²) in [6.45, 7) is 1.43. The first-order valence-corrected chi connectivity index (χ1v) is 13.6. The predicted octanol–water partition coefficient (Wildman–Crippen LogP) is 1.10. The number of nitrogens with zero attached hydrogens (tertiary/aromatic N) is 3. The molecule has 2 fully saturated rings. The quantitative estimate of drug-likeness (QED) is 0.195. The van der Waals surface area contributed by atoms with Crippen molar-refractivity contribution >= 4 is 42.0 Å². The van der Waals surface area contributed by atoms with Crippen LogP contribution in [0.4, 0.5) is 5.82 Å². The average molecular weight is 548 g/mol. The van der Waals surface area contributed by atoms with Crippen molar-refractivity contribution in [2.24, 2.45) is 0 Å². The van der Waals surface area contributed by atoms with E-state index in [9.17, 15) is 29.4 Å². The first-order chi connectivity index (χ1) is 16.9. The van der Waals surface area contributed by atoms with E-state index in [1.54, 1.807) is 12.3 Å². The SMILES string of the molecule is CC(=O)NCC(C)(OC[C@H]1O[C@@H](n2ccc3c(NC4CCCC4)nc(Cl)nc32)[C@H](O)[C@@H]1O)P(=O)(O)O. The number of carbonyl (C=O) groups is 1. The maximum atomic E-state index is 12.0. The van der Waals surface area contributed by atoms with Gasteiger partial charge in [0.2, 0.25) is 11.2 Å². The second-order valence-corrected chi connectivity index (χ2v) is 11.8. The van der Waals surface area contributed by atoms with Gasteiger partial charge in [-0.2, -0.15) is 4.98 Å². The molecular weight excluding hydrogens is 517 g/mol. The van der Waals surface area contributed by atoms with E-state index >= 15 is 0 Å². The van der Waals surface area contributed by atoms with Gasteiger partial charge in [0.05, 0.1) is 18.5 Å². The molecule has 200 valence electrons. The number of aliphatic hydroxyl groups excluding tert-OH is 2. The number of halogens is 1. The third kappa shape index (κ3) is 5.53. The lowest BCUT2D eigenvalue weighted by Crippen LogP contribution is -2.44. The van der Waals surface area contributed by atoms with Crippen molar-refractivity contribution < 1.29 is 38.8 Å². The van der Waals surface area contributed by atoms with Crippen LogP contribution in [0.1, 0.15) is 45.8 Å². The van der Waals surface area contributed by atoms with Gasteiger partial charge in [-0.15, -0.1) is 0 Å². The summed E-state index contributed by atoms with van der Waals surface area (Å²) >= 11 is 6.18. The van der Waals surface area contributed by atoms with Crippen LogP contribution in [-0.2, 0) is 18.8 Å². The number of hydrogen-bond donors (Lipinski definition) is 6. The summed E-state index contributed by atoms with van der Waals surface area (Å²) in [7, 11) is -4.84. The summed E-state index contributed by atoms with van der Waals surface area (Å²) in [4.78, 5) is 39.4. The molecule has 1 saturated carbocycles. The zero-order chi connectivity index (χ0) is 26.3. The summed E-state index contributed by atoms with van der Waals surface area (Å²) in [6.07, 6.45) is 0.928. The van der Waals surface area contributed by atoms with Crippen LogP contribution in [0, 0.1) is 0 Å². The van der Waals surface area contributed by atoms with Gasteiger partial charge in [-0.25, -0.2) is 4.98 Å². The minimum Gasteiger partial charge on any atom is -0.387 e. The van der Waals surface area contributed by atoms with Gasteiger partial charge in [0.25, 0.3) is 0 Å². The van der Waals surface area contributed by atoms with E-state index in [0.717, 1.165) is 32.6 Å². The molecule has 13 nitrogen and oxygen atoms in total. The Labute approximate surface area is 212 Å². The molecule has 6 N–H and O–H groups in total. The molecule has 15 heteroatoms. The molecule has 1 aliphatic heterocycles. The number of nitrogens with one attached hydrogen (secondary N) is 2. The molecule has 1 aliphatic carbocycles. The van der Waals surface area contributed by atoms with Gasteiger partial charge in [0, 0.05) is 19.2 Å². The Morgan fingerprint density at radius 3 is 2.64 bits per heavy atom. The van der Waals surface area contributed by atoms with Crippen molar-refractivity contribution in [2.45, 2.75) is 75.5 Å². The van der Waals surface area contributed by atoms with Crippen LogP contribution < -0.4 is 10.6 Å². The third-order valence-electron chi connectivity index (χ3n) is 6.69. The molecule has 2 aromatic heterocycles. The number of fused-ring (bicyclic) bond motifs is 1. The highest BCUT2D eigenvalue weighted by molar-refractivity contribution is 7.53. The van der Waals surface area contributed by atoms with Crippen LogP contribution in [0.3, 0.4) is 0 Å². The zero-order valence-corrected chi connectivity index (χ0v) is 21.5. The van der Waals surface area contributed by atoms with E-state index in [-0.39, 0.29) is 11.3 Å². The summed E-state index contributed by atoms with van der Waals surface area (Å²) < 4.78 is 24.9. The highest BCUT2D eigenvalue weighted by Crippen LogP contribution is 2.51. The fourth-order valence-electron chi connectivity index (χ4n) is 4.47. The summed E-state index contributed by atoms with van der Waals surface area (Å²) in [5.41, 5.74) is 0.388. The van der Waals surface area contributed by atoms with Crippen LogP contribution in [0.5, 0.6) is 0 Å². The van der Waals surface area contributed by atoms with Crippen molar-refractivity contribution in [3.63, 3.8) is 0 Å². The Morgan fingerprint density at radius 1 is 1.31 bits per heavy atom.